The summed E-state index contributed by atoms with van der Waals surface area (Å²) in [5.41, 5.74) is 1.20. The van der Waals surface area contributed by atoms with Crippen LogP contribution in [0.15, 0.2) is 22.7 Å². The van der Waals surface area contributed by atoms with Gasteiger partial charge in [-0.15, -0.1) is 0 Å². The number of nitrogens with one attached hydrogen (secondary N) is 1. The second-order valence-electron chi connectivity index (χ2n) is 5.13. The fraction of sp³-hybridized carbons (Fsp3) is 0.600. The van der Waals surface area contributed by atoms with E-state index in [-0.39, 0.29) is 0 Å². The van der Waals surface area contributed by atoms with Crippen LogP contribution >= 0.6 is 27.5 Å². The molecule has 2 nitrogen and oxygen atoms in total. The normalized spacial score (nSPS) is 24.6. The summed E-state index contributed by atoms with van der Waals surface area (Å²) in [5, 5.41) is 4.43. The number of hydrogen-bond donors (Lipinski definition) is 1. The average Bonchev–Trinajstić information content (AvgIpc) is 2.78. The fourth-order valence-electron chi connectivity index (χ4n) is 2.84. The van der Waals surface area contributed by atoms with Crippen molar-refractivity contribution in [3.8, 4) is 0 Å². The van der Waals surface area contributed by atoms with Crippen molar-refractivity contribution in [3.63, 3.8) is 0 Å². The molecule has 1 aliphatic rings. The van der Waals surface area contributed by atoms with Crippen molar-refractivity contribution in [2.45, 2.75) is 38.8 Å². The van der Waals surface area contributed by atoms with Crippen LogP contribution in [0.4, 0.5) is 0 Å². The first kappa shape index (κ1) is 15.3. The molecule has 2 rings (SSSR count). The van der Waals surface area contributed by atoms with Crippen LogP contribution in [0.5, 0.6) is 0 Å². The first-order valence-corrected chi connectivity index (χ1v) is 8.07. The summed E-state index contributed by atoms with van der Waals surface area (Å²) in [4.78, 5) is 0. The lowest BCUT2D eigenvalue weighted by atomic mass is 9.89. The van der Waals surface area contributed by atoms with Gasteiger partial charge in [0.2, 0.25) is 0 Å². The van der Waals surface area contributed by atoms with Crippen LogP contribution in [0, 0.1) is 5.92 Å². The van der Waals surface area contributed by atoms with E-state index in [1.54, 1.807) is 0 Å². The van der Waals surface area contributed by atoms with Crippen molar-refractivity contribution in [3.05, 3.63) is 33.3 Å². The van der Waals surface area contributed by atoms with Crippen molar-refractivity contribution in [1.82, 2.24) is 5.32 Å². The summed E-state index contributed by atoms with van der Waals surface area (Å²) in [6.45, 7) is 6.17. The minimum absolute atomic E-state index is 0.332. The van der Waals surface area contributed by atoms with Crippen molar-refractivity contribution in [2.75, 3.05) is 13.2 Å². The zero-order valence-electron chi connectivity index (χ0n) is 11.5. The van der Waals surface area contributed by atoms with Crippen molar-refractivity contribution in [1.29, 1.82) is 0 Å². The molecule has 1 fully saturated rings. The van der Waals surface area contributed by atoms with E-state index in [0.717, 1.165) is 35.5 Å². The van der Waals surface area contributed by atoms with Gasteiger partial charge in [0.1, 0.15) is 0 Å². The molecule has 3 unspecified atom stereocenters. The Balaban J connectivity index is 2.11. The molecule has 3 atom stereocenters. The Morgan fingerprint density at radius 1 is 1.53 bits per heavy atom. The number of ether oxygens (including phenoxy) is 1. The van der Waals surface area contributed by atoms with Crippen LogP contribution in [0.3, 0.4) is 0 Å². The Morgan fingerprint density at radius 3 is 2.89 bits per heavy atom. The zero-order valence-corrected chi connectivity index (χ0v) is 13.8. The van der Waals surface area contributed by atoms with Gasteiger partial charge >= 0.3 is 0 Å². The highest BCUT2D eigenvalue weighted by Gasteiger charge is 2.31. The molecule has 0 aliphatic carbocycles. The first-order chi connectivity index (χ1) is 9.11. The lowest BCUT2D eigenvalue weighted by Gasteiger charge is -2.27. The molecule has 1 aromatic rings. The number of halogens is 2. The molecule has 1 heterocycles. The molecule has 1 saturated heterocycles. The average molecular weight is 347 g/mol. The number of likely N-dealkylation sites (N-methyl/N-ethyl adjacent to an activating group) is 1. The highest BCUT2D eigenvalue weighted by Crippen LogP contribution is 2.29. The van der Waals surface area contributed by atoms with E-state index < -0.39 is 0 Å². The number of hydrogen-bond acceptors (Lipinski definition) is 2. The van der Waals surface area contributed by atoms with Crippen molar-refractivity contribution >= 4 is 27.5 Å². The molecule has 4 heteroatoms. The molecular formula is C15H21BrClNO. The summed E-state index contributed by atoms with van der Waals surface area (Å²) in [5.74, 6) is 0.569. The highest BCUT2D eigenvalue weighted by molar-refractivity contribution is 9.10. The van der Waals surface area contributed by atoms with Gasteiger partial charge < -0.3 is 10.1 Å². The van der Waals surface area contributed by atoms with Crippen LogP contribution in [-0.2, 0) is 11.2 Å². The van der Waals surface area contributed by atoms with Gasteiger partial charge in [-0.05, 0) is 44.0 Å². The Kier molecular flexibility index (Phi) is 5.70. The van der Waals surface area contributed by atoms with Gasteiger partial charge in [0.05, 0.1) is 6.10 Å². The second kappa shape index (κ2) is 7.07. The van der Waals surface area contributed by atoms with Crippen LogP contribution in [0.2, 0.25) is 5.02 Å². The predicted octanol–water partition coefficient (Wildman–Crippen LogP) is 4.05. The molecule has 0 saturated carbocycles. The smallest absolute Gasteiger partial charge is 0.0590 e. The van der Waals surface area contributed by atoms with E-state index in [2.05, 4.69) is 47.2 Å². The standard InChI is InChI=1S/C15H21BrClNO/c1-3-18-15(13-6-7-19-10(13)2)8-11-4-5-12(16)9-14(11)17/h4-5,9-10,13,15,18H,3,6-8H2,1-2H3. The predicted molar refractivity (Wildman–Crippen MR) is 83.8 cm³/mol. The maximum atomic E-state index is 6.33. The minimum Gasteiger partial charge on any atom is -0.378 e. The second-order valence-corrected chi connectivity index (χ2v) is 6.46. The van der Waals surface area contributed by atoms with Crippen LogP contribution < -0.4 is 5.32 Å². The quantitative estimate of drug-likeness (QED) is 0.868. The molecule has 1 aromatic carbocycles. The largest absolute Gasteiger partial charge is 0.378 e. The summed E-state index contributed by atoms with van der Waals surface area (Å²) < 4.78 is 6.73. The maximum absolute atomic E-state index is 6.33. The summed E-state index contributed by atoms with van der Waals surface area (Å²) in [6.07, 6.45) is 2.42. The van der Waals surface area contributed by atoms with E-state index >= 15 is 0 Å². The minimum atomic E-state index is 0.332. The van der Waals surface area contributed by atoms with Gasteiger partial charge in [0.15, 0.2) is 0 Å². The lowest BCUT2D eigenvalue weighted by Crippen LogP contribution is -2.40. The maximum Gasteiger partial charge on any atom is 0.0590 e. The Hall–Kier alpha value is -0.0900. The molecular weight excluding hydrogens is 326 g/mol. The van der Waals surface area contributed by atoms with E-state index in [1.165, 1.54) is 5.56 Å². The molecule has 0 radical (unpaired) electrons. The number of benzene rings is 1. The molecule has 1 aliphatic heterocycles. The highest BCUT2D eigenvalue weighted by atomic mass is 79.9. The van der Waals surface area contributed by atoms with Gasteiger partial charge in [0.25, 0.3) is 0 Å². The molecule has 19 heavy (non-hydrogen) atoms. The molecule has 0 bridgehead atoms. The number of rotatable bonds is 5. The fourth-order valence-corrected chi connectivity index (χ4v) is 3.59. The Morgan fingerprint density at radius 2 is 2.32 bits per heavy atom. The van der Waals surface area contributed by atoms with Crippen LogP contribution in [0.1, 0.15) is 25.8 Å². The topological polar surface area (TPSA) is 21.3 Å². The summed E-state index contributed by atoms with van der Waals surface area (Å²) >= 11 is 9.78. The first-order valence-electron chi connectivity index (χ1n) is 6.90. The monoisotopic (exact) mass is 345 g/mol. The summed E-state index contributed by atoms with van der Waals surface area (Å²) in [7, 11) is 0. The molecule has 1 N–H and O–H groups in total. The van der Waals surface area contributed by atoms with E-state index in [4.69, 9.17) is 16.3 Å². The zero-order chi connectivity index (χ0) is 13.8. The van der Waals surface area contributed by atoms with Crippen LogP contribution in [-0.4, -0.2) is 25.3 Å². The van der Waals surface area contributed by atoms with Gasteiger partial charge in [-0.3, -0.25) is 0 Å². The van der Waals surface area contributed by atoms with Crippen LogP contribution in [0.25, 0.3) is 0 Å². The van der Waals surface area contributed by atoms with Gasteiger partial charge in [-0.2, -0.15) is 0 Å². The SMILES string of the molecule is CCNC(Cc1ccc(Br)cc1Cl)C1CCOC1C. The van der Waals surface area contributed by atoms with Crippen molar-refractivity contribution in [2.24, 2.45) is 5.92 Å². The third-order valence-corrected chi connectivity index (χ3v) is 4.72. The van der Waals surface area contributed by atoms with Gasteiger partial charge in [-0.25, -0.2) is 0 Å². The van der Waals surface area contributed by atoms with E-state index in [0.29, 0.717) is 18.1 Å². The third kappa shape index (κ3) is 3.94. The van der Waals surface area contributed by atoms with Gasteiger partial charge in [-0.1, -0.05) is 40.5 Å². The third-order valence-electron chi connectivity index (χ3n) is 3.87. The Labute approximate surface area is 129 Å². The Bertz CT molecular complexity index is 427. The molecule has 0 amide bonds. The van der Waals surface area contributed by atoms with Crippen molar-refractivity contribution < 1.29 is 4.74 Å². The lowest BCUT2D eigenvalue weighted by molar-refractivity contribution is 0.0956. The molecule has 0 aromatic heterocycles. The van der Waals surface area contributed by atoms with Gasteiger partial charge in [0, 0.05) is 28.1 Å². The van der Waals surface area contributed by atoms with E-state index in [9.17, 15) is 0 Å². The molecule has 106 valence electrons. The summed E-state index contributed by atoms with van der Waals surface area (Å²) in [6, 6.07) is 6.56. The van der Waals surface area contributed by atoms with E-state index in [1.807, 2.05) is 6.07 Å². The molecule has 0 spiro atoms.